The largest absolute Gasteiger partial charge is 0.471 e. The van der Waals surface area contributed by atoms with E-state index in [1.807, 2.05) is 29.7 Å². The number of aryl methyl sites for hydroxylation is 1. The summed E-state index contributed by atoms with van der Waals surface area (Å²) in [6, 6.07) is 0. The summed E-state index contributed by atoms with van der Waals surface area (Å²) in [5.41, 5.74) is 1.43. The normalized spacial score (nSPS) is 18.1. The summed E-state index contributed by atoms with van der Waals surface area (Å²) in [6.07, 6.45) is 4.78. The Morgan fingerprint density at radius 3 is 3.05 bits per heavy atom. The molecule has 1 aliphatic rings. The van der Waals surface area contributed by atoms with Crippen LogP contribution in [0.1, 0.15) is 19.8 Å². The van der Waals surface area contributed by atoms with Gasteiger partial charge in [-0.15, -0.1) is 0 Å². The molecule has 0 radical (unpaired) electrons. The second kappa shape index (κ2) is 6.12. The number of thioether (sulfide) groups is 1. The zero-order valence-corrected chi connectivity index (χ0v) is 13.8. The van der Waals surface area contributed by atoms with E-state index in [4.69, 9.17) is 4.74 Å². The Labute approximate surface area is 133 Å². The highest BCUT2D eigenvalue weighted by molar-refractivity contribution is 7.98. The molecule has 1 aliphatic heterocycles. The number of hydrogen-bond donors (Lipinski definition) is 0. The smallest absolute Gasteiger partial charge is 0.245 e. The monoisotopic (exact) mass is 321 g/mol. The van der Waals surface area contributed by atoms with Crippen molar-refractivity contribution in [1.29, 1.82) is 0 Å². The summed E-state index contributed by atoms with van der Waals surface area (Å²) >= 11 is 1.56. The van der Waals surface area contributed by atoms with Crippen LogP contribution < -0.4 is 4.74 Å². The highest BCUT2D eigenvalue weighted by Crippen LogP contribution is 2.27. The summed E-state index contributed by atoms with van der Waals surface area (Å²) < 4.78 is 7.92. The highest BCUT2D eigenvalue weighted by atomic mass is 32.2. The van der Waals surface area contributed by atoms with Gasteiger partial charge in [0.25, 0.3) is 0 Å². The van der Waals surface area contributed by atoms with E-state index >= 15 is 0 Å². The van der Waals surface area contributed by atoms with E-state index < -0.39 is 0 Å². The van der Waals surface area contributed by atoms with E-state index in [9.17, 15) is 4.79 Å². The lowest BCUT2D eigenvalue weighted by Crippen LogP contribution is -2.30. The molecule has 0 spiro atoms. The molecule has 0 unspecified atom stereocenters. The van der Waals surface area contributed by atoms with Crippen LogP contribution in [0.3, 0.4) is 0 Å². The van der Waals surface area contributed by atoms with Crippen LogP contribution in [0.2, 0.25) is 0 Å². The Balaban J connectivity index is 1.81. The van der Waals surface area contributed by atoms with E-state index in [1.54, 1.807) is 11.8 Å². The Kier molecular flexibility index (Phi) is 4.19. The predicted molar refractivity (Wildman–Crippen MR) is 84.0 cm³/mol. The van der Waals surface area contributed by atoms with Crippen LogP contribution in [0.25, 0.3) is 11.2 Å². The van der Waals surface area contributed by atoms with Crippen LogP contribution in [0, 0.1) is 0 Å². The van der Waals surface area contributed by atoms with Crippen molar-refractivity contribution < 1.29 is 9.53 Å². The lowest BCUT2D eigenvalue weighted by Gasteiger charge is -2.16. The summed E-state index contributed by atoms with van der Waals surface area (Å²) in [4.78, 5) is 26.6. The summed E-state index contributed by atoms with van der Waals surface area (Å²) in [5, 5.41) is 0.870. The van der Waals surface area contributed by atoms with Crippen molar-refractivity contribution in [3.05, 3.63) is 6.33 Å². The summed E-state index contributed by atoms with van der Waals surface area (Å²) in [6.45, 7) is 3.23. The lowest BCUT2D eigenvalue weighted by atomic mass is 10.3. The van der Waals surface area contributed by atoms with Gasteiger partial charge >= 0.3 is 0 Å². The minimum atomic E-state index is -0.0339. The molecule has 2 aromatic rings. The van der Waals surface area contributed by atoms with E-state index in [1.165, 1.54) is 6.33 Å². The van der Waals surface area contributed by atoms with Gasteiger partial charge < -0.3 is 14.2 Å². The van der Waals surface area contributed by atoms with E-state index in [0.717, 1.165) is 23.8 Å². The quantitative estimate of drug-likeness (QED) is 0.794. The number of aromatic nitrogens is 4. The molecule has 8 heteroatoms. The average molecular weight is 321 g/mol. The van der Waals surface area contributed by atoms with Gasteiger partial charge in [-0.1, -0.05) is 18.7 Å². The van der Waals surface area contributed by atoms with Gasteiger partial charge in [0.1, 0.15) is 12.4 Å². The predicted octanol–water partition coefficient (Wildman–Crippen LogP) is 1.47. The summed E-state index contributed by atoms with van der Waals surface area (Å²) in [5.74, 6) is 0.665. The standard InChI is InChI=1S/C14H19N5O2S/c1-4-10(20)19-6-5-9(7-19)21-13-11-12(15-8-16-13)18(2)14(17-11)22-3/h8-9H,4-7H2,1-3H3/t9-/m0/s1. The first-order valence-corrected chi connectivity index (χ1v) is 8.52. The number of likely N-dealkylation sites (tertiary alicyclic amines) is 1. The maximum atomic E-state index is 11.7. The first kappa shape index (κ1) is 15.1. The van der Waals surface area contributed by atoms with Crippen molar-refractivity contribution in [1.82, 2.24) is 24.4 Å². The lowest BCUT2D eigenvalue weighted by molar-refractivity contribution is -0.130. The van der Waals surface area contributed by atoms with Crippen molar-refractivity contribution in [3.63, 3.8) is 0 Å². The first-order valence-electron chi connectivity index (χ1n) is 7.29. The van der Waals surface area contributed by atoms with Crippen molar-refractivity contribution in [2.24, 2.45) is 7.05 Å². The van der Waals surface area contributed by atoms with Crippen LogP contribution in [0.4, 0.5) is 0 Å². The molecule has 22 heavy (non-hydrogen) atoms. The van der Waals surface area contributed by atoms with E-state index in [0.29, 0.717) is 24.4 Å². The molecule has 0 bridgehead atoms. The minimum Gasteiger partial charge on any atom is -0.471 e. The van der Waals surface area contributed by atoms with Gasteiger partial charge in [-0.2, -0.15) is 4.98 Å². The molecule has 0 saturated carbocycles. The Morgan fingerprint density at radius 1 is 1.50 bits per heavy atom. The fraction of sp³-hybridized carbons (Fsp3) is 0.571. The second-order valence-corrected chi connectivity index (χ2v) is 6.00. The van der Waals surface area contributed by atoms with E-state index in [-0.39, 0.29) is 12.0 Å². The zero-order chi connectivity index (χ0) is 15.7. The molecular formula is C14H19N5O2S. The van der Waals surface area contributed by atoms with Crippen molar-refractivity contribution in [2.75, 3.05) is 19.3 Å². The number of carbonyl (C=O) groups is 1. The van der Waals surface area contributed by atoms with Gasteiger partial charge in [-0.3, -0.25) is 4.79 Å². The third-order valence-corrected chi connectivity index (χ3v) is 4.57. The SMILES string of the molecule is CCC(=O)N1CC[C@H](Oc2ncnc3c2nc(SC)n3C)C1. The number of amides is 1. The molecule has 0 aromatic carbocycles. The maximum Gasteiger partial charge on any atom is 0.245 e. The molecule has 0 aliphatic carbocycles. The molecule has 1 atom stereocenters. The fourth-order valence-electron chi connectivity index (χ4n) is 2.66. The molecule has 2 aromatic heterocycles. The number of fused-ring (bicyclic) bond motifs is 1. The number of rotatable bonds is 4. The third kappa shape index (κ3) is 2.63. The van der Waals surface area contributed by atoms with Crippen LogP contribution >= 0.6 is 11.8 Å². The highest BCUT2D eigenvalue weighted by Gasteiger charge is 2.28. The minimum absolute atomic E-state index is 0.0339. The first-order chi connectivity index (χ1) is 10.6. The number of ether oxygens (including phenoxy) is 1. The average Bonchev–Trinajstić information content (AvgIpc) is 3.12. The number of nitrogens with zero attached hydrogens (tertiary/aromatic N) is 5. The van der Waals surface area contributed by atoms with Crippen molar-refractivity contribution in [2.45, 2.75) is 31.0 Å². The van der Waals surface area contributed by atoms with Gasteiger partial charge in [-0.25, -0.2) is 9.97 Å². The molecule has 7 nitrogen and oxygen atoms in total. The number of carbonyl (C=O) groups excluding carboxylic acids is 1. The van der Waals surface area contributed by atoms with Gasteiger partial charge in [0.05, 0.1) is 6.54 Å². The molecule has 0 N–H and O–H groups in total. The molecule has 1 fully saturated rings. The van der Waals surface area contributed by atoms with Gasteiger partial charge in [0.15, 0.2) is 16.3 Å². The molecule has 118 valence electrons. The Hall–Kier alpha value is -1.83. The van der Waals surface area contributed by atoms with Crippen LogP contribution in [0.15, 0.2) is 11.5 Å². The van der Waals surface area contributed by atoms with Crippen molar-refractivity contribution >= 4 is 28.8 Å². The van der Waals surface area contributed by atoms with Gasteiger partial charge in [0, 0.05) is 26.4 Å². The van der Waals surface area contributed by atoms with Crippen LogP contribution in [-0.2, 0) is 11.8 Å². The number of imidazole rings is 1. The molecule has 1 amide bonds. The van der Waals surface area contributed by atoms with Crippen molar-refractivity contribution in [3.8, 4) is 5.88 Å². The maximum absolute atomic E-state index is 11.7. The summed E-state index contributed by atoms with van der Waals surface area (Å²) in [7, 11) is 1.93. The van der Waals surface area contributed by atoms with Gasteiger partial charge in [0.2, 0.25) is 11.8 Å². The molecular weight excluding hydrogens is 302 g/mol. The molecule has 3 heterocycles. The van der Waals surface area contributed by atoms with Crippen LogP contribution in [0.5, 0.6) is 5.88 Å². The van der Waals surface area contributed by atoms with Gasteiger partial charge in [-0.05, 0) is 6.26 Å². The molecule has 1 saturated heterocycles. The van der Waals surface area contributed by atoms with E-state index in [2.05, 4.69) is 15.0 Å². The second-order valence-electron chi connectivity index (χ2n) is 5.23. The Bertz CT molecular complexity index is 702. The fourth-order valence-corrected chi connectivity index (χ4v) is 3.20. The number of hydrogen-bond acceptors (Lipinski definition) is 6. The molecule has 3 rings (SSSR count). The zero-order valence-electron chi connectivity index (χ0n) is 12.9. The van der Waals surface area contributed by atoms with Crippen LogP contribution in [-0.4, -0.2) is 55.8 Å². The topological polar surface area (TPSA) is 73.1 Å². The third-order valence-electron chi connectivity index (χ3n) is 3.84. The Morgan fingerprint density at radius 2 is 2.32 bits per heavy atom.